The molecule has 7 nitrogen and oxygen atoms in total. The molecule has 1 heterocycles. The number of carbonyl (C=O) groups is 2. The van der Waals surface area contributed by atoms with Crippen LogP contribution in [-0.2, 0) is 42.7 Å². The zero-order valence-corrected chi connectivity index (χ0v) is 30.4. The van der Waals surface area contributed by atoms with Crippen LogP contribution in [0, 0.1) is 5.41 Å². The summed E-state index contributed by atoms with van der Waals surface area (Å²) in [6, 6.07) is 12.4. The van der Waals surface area contributed by atoms with E-state index >= 15 is 0 Å². The molecule has 2 aromatic rings. The van der Waals surface area contributed by atoms with Crippen LogP contribution in [0.3, 0.4) is 0 Å². The van der Waals surface area contributed by atoms with E-state index in [-0.39, 0.29) is 39.4 Å². The SMILES string of the molecule is CCCCCC(Cc1ccc(CC(C)(C)C)cc1)NC(Nc1cc(C(C)(C)C)c(O)c(C(C)(C)C)c1)=C1C(=O)OC(C)(C)OC1=O. The summed E-state index contributed by atoms with van der Waals surface area (Å²) in [6.45, 7) is 24.3. The highest BCUT2D eigenvalue weighted by Gasteiger charge is 2.42. The first-order chi connectivity index (χ1) is 21.1. The van der Waals surface area contributed by atoms with E-state index in [0.29, 0.717) is 12.1 Å². The Morgan fingerprint density at radius 3 is 1.78 bits per heavy atom. The van der Waals surface area contributed by atoms with Gasteiger partial charge in [0, 0.05) is 36.7 Å². The van der Waals surface area contributed by atoms with Crippen LogP contribution in [0.5, 0.6) is 5.75 Å². The summed E-state index contributed by atoms with van der Waals surface area (Å²) in [4.78, 5) is 26.8. The first-order valence-corrected chi connectivity index (χ1v) is 16.8. The van der Waals surface area contributed by atoms with Crippen LogP contribution >= 0.6 is 0 Å². The minimum atomic E-state index is -1.37. The number of phenols is 1. The lowest BCUT2D eigenvalue weighted by atomic mass is 9.79. The van der Waals surface area contributed by atoms with Gasteiger partial charge in [-0.2, -0.15) is 0 Å². The summed E-state index contributed by atoms with van der Waals surface area (Å²) in [5.74, 6) is -2.38. The van der Waals surface area contributed by atoms with Crippen molar-refractivity contribution in [2.75, 3.05) is 5.32 Å². The molecule has 0 bridgehead atoms. The van der Waals surface area contributed by atoms with Crippen LogP contribution in [0.15, 0.2) is 47.8 Å². The zero-order valence-electron chi connectivity index (χ0n) is 30.4. The van der Waals surface area contributed by atoms with Crippen LogP contribution in [-0.4, -0.2) is 28.9 Å². The Labute approximate surface area is 277 Å². The van der Waals surface area contributed by atoms with Crippen molar-refractivity contribution in [2.45, 2.75) is 144 Å². The van der Waals surface area contributed by atoms with Gasteiger partial charge in [-0.3, -0.25) is 0 Å². The Bertz CT molecular complexity index is 1360. The standard InChI is InChI=1S/C39H58N2O5/c1-13-14-15-16-27(21-25-17-19-26(20-18-25)24-36(2,3)4)40-33(31-34(43)45-39(11,12)46-35(31)44)41-28-22-29(37(5,6)7)32(42)30(23-28)38(8,9)10/h17-20,22-23,27,40-42H,13-16,21,24H2,1-12H3. The molecular weight excluding hydrogens is 576 g/mol. The first kappa shape index (κ1) is 37.0. The normalized spacial score (nSPS) is 16.0. The number of rotatable bonds is 11. The van der Waals surface area contributed by atoms with E-state index in [1.54, 1.807) is 13.8 Å². The van der Waals surface area contributed by atoms with Gasteiger partial charge in [0.05, 0.1) is 0 Å². The van der Waals surface area contributed by atoms with Crippen LogP contribution in [0.1, 0.15) is 131 Å². The maximum atomic E-state index is 13.4. The second kappa shape index (κ2) is 14.1. The number of carbonyl (C=O) groups excluding carboxylic acids is 2. The molecule has 0 aliphatic carbocycles. The van der Waals surface area contributed by atoms with Gasteiger partial charge in [0.15, 0.2) is 5.57 Å². The molecule has 1 fully saturated rings. The lowest BCUT2D eigenvalue weighted by Gasteiger charge is -2.33. The predicted molar refractivity (Wildman–Crippen MR) is 187 cm³/mol. The van der Waals surface area contributed by atoms with E-state index in [9.17, 15) is 14.7 Å². The third-order valence-electron chi connectivity index (χ3n) is 8.07. The van der Waals surface area contributed by atoms with Gasteiger partial charge < -0.3 is 25.2 Å². The molecule has 254 valence electrons. The van der Waals surface area contributed by atoms with E-state index in [0.717, 1.165) is 43.2 Å². The number of nitrogens with one attached hydrogen (secondary N) is 2. The largest absolute Gasteiger partial charge is 0.507 e. The van der Waals surface area contributed by atoms with Crippen LogP contribution in [0.4, 0.5) is 5.69 Å². The van der Waals surface area contributed by atoms with E-state index in [2.05, 4.69) is 62.6 Å². The second-order valence-corrected chi connectivity index (χ2v) is 16.6. The average molecular weight is 635 g/mol. The number of benzene rings is 2. The topological polar surface area (TPSA) is 96.9 Å². The van der Waals surface area contributed by atoms with Crippen molar-refractivity contribution in [3.63, 3.8) is 0 Å². The van der Waals surface area contributed by atoms with Crippen molar-refractivity contribution in [1.29, 1.82) is 0 Å². The smallest absolute Gasteiger partial charge is 0.352 e. The predicted octanol–water partition coefficient (Wildman–Crippen LogP) is 8.82. The summed E-state index contributed by atoms with van der Waals surface area (Å²) < 4.78 is 11.1. The number of phenolic OH excluding ortho intramolecular Hbond substituents is 1. The van der Waals surface area contributed by atoms with Gasteiger partial charge in [0.25, 0.3) is 5.79 Å². The number of cyclic esters (lactones) is 2. The molecule has 2 aromatic carbocycles. The van der Waals surface area contributed by atoms with Gasteiger partial charge in [0.2, 0.25) is 0 Å². The number of unbranched alkanes of at least 4 members (excludes halogenated alkanes) is 2. The van der Waals surface area contributed by atoms with Gasteiger partial charge >= 0.3 is 11.9 Å². The Morgan fingerprint density at radius 1 is 0.826 bits per heavy atom. The van der Waals surface area contributed by atoms with Crippen molar-refractivity contribution in [3.8, 4) is 5.75 Å². The monoisotopic (exact) mass is 634 g/mol. The summed E-state index contributed by atoms with van der Waals surface area (Å²) in [7, 11) is 0. The maximum absolute atomic E-state index is 13.4. The Kier molecular flexibility index (Phi) is 11.3. The Balaban J connectivity index is 2.11. The lowest BCUT2D eigenvalue weighted by Crippen LogP contribution is -2.45. The molecule has 3 N–H and O–H groups in total. The van der Waals surface area contributed by atoms with Gasteiger partial charge in [0.1, 0.15) is 11.6 Å². The fourth-order valence-corrected chi connectivity index (χ4v) is 5.78. The van der Waals surface area contributed by atoms with Gasteiger partial charge in [-0.15, -0.1) is 0 Å². The fourth-order valence-electron chi connectivity index (χ4n) is 5.78. The third kappa shape index (κ3) is 10.3. The number of hydrogen-bond donors (Lipinski definition) is 3. The van der Waals surface area contributed by atoms with Crippen LogP contribution in [0.2, 0.25) is 0 Å². The van der Waals surface area contributed by atoms with Gasteiger partial charge in [-0.1, -0.05) is 113 Å². The van der Waals surface area contributed by atoms with Crippen LogP contribution < -0.4 is 10.6 Å². The van der Waals surface area contributed by atoms with Gasteiger partial charge in [-0.25, -0.2) is 9.59 Å². The van der Waals surface area contributed by atoms with Crippen molar-refractivity contribution in [3.05, 3.63) is 70.0 Å². The fraction of sp³-hybridized carbons (Fsp3) is 0.590. The summed E-state index contributed by atoms with van der Waals surface area (Å²) in [6.07, 6.45) is 5.66. The van der Waals surface area contributed by atoms with E-state index in [1.165, 1.54) is 11.1 Å². The summed E-state index contributed by atoms with van der Waals surface area (Å²) in [5.41, 5.74) is 3.89. The number of esters is 2. The summed E-state index contributed by atoms with van der Waals surface area (Å²) in [5, 5.41) is 18.3. The molecule has 0 aromatic heterocycles. The molecule has 0 radical (unpaired) electrons. The summed E-state index contributed by atoms with van der Waals surface area (Å²) >= 11 is 0. The van der Waals surface area contributed by atoms with Crippen molar-refractivity contribution in [2.24, 2.45) is 5.41 Å². The highest BCUT2D eigenvalue weighted by atomic mass is 16.7. The molecule has 1 aliphatic heterocycles. The molecule has 0 spiro atoms. The van der Waals surface area contributed by atoms with Crippen molar-refractivity contribution in [1.82, 2.24) is 5.32 Å². The first-order valence-electron chi connectivity index (χ1n) is 16.8. The highest BCUT2D eigenvalue weighted by Crippen LogP contribution is 2.41. The molecule has 1 aliphatic rings. The molecule has 0 saturated carbocycles. The minimum Gasteiger partial charge on any atom is -0.507 e. The highest BCUT2D eigenvalue weighted by molar-refractivity contribution is 6.16. The van der Waals surface area contributed by atoms with E-state index in [4.69, 9.17) is 9.47 Å². The number of hydrogen-bond acceptors (Lipinski definition) is 7. The molecule has 1 unspecified atom stereocenters. The third-order valence-corrected chi connectivity index (χ3v) is 8.07. The number of aromatic hydroxyl groups is 1. The molecule has 1 atom stereocenters. The van der Waals surface area contributed by atoms with E-state index in [1.807, 2.05) is 53.7 Å². The molecule has 1 saturated heterocycles. The maximum Gasteiger partial charge on any atom is 0.352 e. The second-order valence-electron chi connectivity index (χ2n) is 16.6. The minimum absolute atomic E-state index is 0.0909. The molecule has 7 heteroatoms. The molecular formula is C39H58N2O5. The van der Waals surface area contributed by atoms with E-state index < -0.39 is 17.7 Å². The van der Waals surface area contributed by atoms with Gasteiger partial charge in [-0.05, 0) is 58.8 Å². The number of ether oxygens (including phenoxy) is 2. The average Bonchev–Trinajstić information content (AvgIpc) is 2.87. The quantitative estimate of drug-likeness (QED) is 0.0747. The molecule has 3 rings (SSSR count). The Morgan fingerprint density at radius 2 is 1.33 bits per heavy atom. The Hall–Kier alpha value is -3.48. The molecule has 46 heavy (non-hydrogen) atoms. The van der Waals surface area contributed by atoms with Crippen molar-refractivity contribution >= 4 is 17.6 Å². The zero-order chi connectivity index (χ0) is 34.7. The van der Waals surface area contributed by atoms with Crippen LogP contribution in [0.25, 0.3) is 0 Å². The number of anilines is 1. The molecule has 0 amide bonds. The lowest BCUT2D eigenvalue weighted by molar-refractivity contribution is -0.222. The van der Waals surface area contributed by atoms with Crippen molar-refractivity contribution < 1.29 is 24.2 Å².